The van der Waals surface area contributed by atoms with Crippen molar-refractivity contribution in [1.29, 1.82) is 0 Å². The second-order valence-corrected chi connectivity index (χ2v) is 13.7. The van der Waals surface area contributed by atoms with Gasteiger partial charge >= 0.3 is 0 Å². The number of carbonyl (C=O) groups excluding carboxylic acids is 1. The molecule has 13 nitrogen and oxygen atoms in total. The molecular formula is C43H43N9O4. The van der Waals surface area contributed by atoms with Crippen molar-refractivity contribution in [3.8, 4) is 28.4 Å². The van der Waals surface area contributed by atoms with E-state index in [0.29, 0.717) is 35.8 Å². The summed E-state index contributed by atoms with van der Waals surface area (Å²) in [6.45, 7) is 7.37. The highest BCUT2D eigenvalue weighted by Crippen LogP contribution is 2.29. The van der Waals surface area contributed by atoms with Crippen LogP contribution in [0.3, 0.4) is 0 Å². The number of carbonyl (C=O) groups is 1. The molecule has 4 heterocycles. The van der Waals surface area contributed by atoms with Crippen molar-refractivity contribution in [1.82, 2.24) is 34.3 Å². The highest BCUT2D eigenvalue weighted by atomic mass is 16.5. The number of rotatable bonds is 13. The number of imidazole rings is 1. The lowest BCUT2D eigenvalue weighted by Gasteiger charge is -2.26. The number of hydrogen-bond acceptors (Lipinski definition) is 10. The molecule has 1 aliphatic heterocycles. The maximum absolute atomic E-state index is 13.3. The second kappa shape index (κ2) is 16.4. The third-order valence-corrected chi connectivity index (χ3v) is 9.97. The average Bonchev–Trinajstić information content (AvgIpc) is 3.90. The Morgan fingerprint density at radius 1 is 0.804 bits per heavy atom. The smallest absolute Gasteiger partial charge is 0.255 e. The van der Waals surface area contributed by atoms with Crippen molar-refractivity contribution >= 4 is 23.1 Å². The van der Waals surface area contributed by atoms with Crippen molar-refractivity contribution < 1.29 is 19.0 Å². The molecule has 3 aromatic heterocycles. The van der Waals surface area contributed by atoms with Crippen LogP contribution in [-0.4, -0.2) is 80.7 Å². The van der Waals surface area contributed by atoms with Crippen LogP contribution < -0.4 is 19.7 Å². The number of nitrogens with zero attached hydrogens (tertiary/aromatic N) is 8. The van der Waals surface area contributed by atoms with Gasteiger partial charge in [0, 0.05) is 55.7 Å². The van der Waals surface area contributed by atoms with Crippen molar-refractivity contribution in [3.05, 3.63) is 144 Å². The minimum atomic E-state index is -0.173. The Morgan fingerprint density at radius 3 is 2.12 bits per heavy atom. The standard InChI is InChI=1S/C43H43N9O4/c1-30-4-13-36(48-43(53)34-11-5-31(6-12-34)25-49-18-20-56-21-19-49)22-39(30)51-28-35(23-46-51)40-24-44-42-41(45-29-47-52(40)42)50(26-32-7-14-37(54-2)15-8-32)27-33-9-16-38(55-3)17-10-33/h4-17,22-24,28-29H,18-21,25-27H2,1-3H3,(H,48,53). The van der Waals surface area contributed by atoms with Crippen LogP contribution in [-0.2, 0) is 24.4 Å². The van der Waals surface area contributed by atoms with Crippen LogP contribution in [0.15, 0.2) is 116 Å². The van der Waals surface area contributed by atoms with E-state index in [2.05, 4.69) is 44.5 Å². The molecule has 0 radical (unpaired) electrons. The zero-order valence-corrected chi connectivity index (χ0v) is 31.6. The Morgan fingerprint density at radius 2 is 1.46 bits per heavy atom. The predicted octanol–water partition coefficient (Wildman–Crippen LogP) is 6.59. The summed E-state index contributed by atoms with van der Waals surface area (Å²) in [5.41, 5.74) is 8.67. The Balaban J connectivity index is 1.02. The topological polar surface area (TPSA) is 124 Å². The van der Waals surface area contributed by atoms with E-state index in [-0.39, 0.29) is 5.91 Å². The van der Waals surface area contributed by atoms with Gasteiger partial charge in [-0.25, -0.2) is 19.2 Å². The van der Waals surface area contributed by atoms with Crippen LogP contribution in [0.2, 0.25) is 0 Å². The molecular weight excluding hydrogens is 707 g/mol. The molecule has 0 atom stereocenters. The fourth-order valence-electron chi connectivity index (χ4n) is 6.84. The Labute approximate surface area is 325 Å². The lowest BCUT2D eigenvalue weighted by atomic mass is 10.1. The number of benzene rings is 4. The van der Waals surface area contributed by atoms with E-state index in [1.807, 2.05) is 84.5 Å². The Hall–Kier alpha value is -6.57. The molecule has 0 bridgehead atoms. The molecule has 0 aliphatic carbocycles. The highest BCUT2D eigenvalue weighted by Gasteiger charge is 2.20. The van der Waals surface area contributed by atoms with E-state index in [0.717, 1.165) is 78.0 Å². The largest absolute Gasteiger partial charge is 0.497 e. The van der Waals surface area contributed by atoms with E-state index in [9.17, 15) is 4.79 Å². The quantitative estimate of drug-likeness (QED) is 0.138. The number of anilines is 2. The SMILES string of the molecule is COc1ccc(CN(Cc2ccc(OC)cc2)c2ncnn3c(-c4cnn(-c5cc(NC(=O)c6ccc(CN7CCOCC7)cc6)ccc5C)c4)cnc23)cc1. The Bertz CT molecular complexity index is 2370. The second-order valence-electron chi connectivity index (χ2n) is 13.7. The maximum atomic E-state index is 13.3. The number of hydrogen-bond donors (Lipinski definition) is 1. The number of ether oxygens (including phenoxy) is 3. The fourth-order valence-corrected chi connectivity index (χ4v) is 6.84. The number of nitrogens with one attached hydrogen (secondary N) is 1. The molecule has 1 N–H and O–H groups in total. The first-order valence-corrected chi connectivity index (χ1v) is 18.5. The number of aryl methyl sites for hydroxylation is 1. The first-order chi connectivity index (χ1) is 27.4. The summed E-state index contributed by atoms with van der Waals surface area (Å²) in [7, 11) is 3.32. The highest BCUT2D eigenvalue weighted by molar-refractivity contribution is 6.04. The van der Waals surface area contributed by atoms with Gasteiger partial charge in [0.2, 0.25) is 0 Å². The van der Waals surface area contributed by atoms with Crippen molar-refractivity contribution in [2.45, 2.75) is 26.6 Å². The molecule has 1 amide bonds. The number of amides is 1. The monoisotopic (exact) mass is 749 g/mol. The van der Waals surface area contributed by atoms with Crippen LogP contribution in [0, 0.1) is 6.92 Å². The summed E-state index contributed by atoms with van der Waals surface area (Å²) in [6, 6.07) is 29.6. The molecule has 4 aromatic carbocycles. The van der Waals surface area contributed by atoms with Gasteiger partial charge in [-0.05, 0) is 77.7 Å². The summed E-state index contributed by atoms with van der Waals surface area (Å²) in [4.78, 5) is 27.4. The summed E-state index contributed by atoms with van der Waals surface area (Å²) < 4.78 is 19.8. The van der Waals surface area contributed by atoms with Crippen LogP contribution in [0.4, 0.5) is 11.5 Å². The van der Waals surface area contributed by atoms with Gasteiger partial charge in [0.1, 0.15) is 17.8 Å². The molecule has 1 saturated heterocycles. The molecule has 13 heteroatoms. The van der Waals surface area contributed by atoms with Crippen LogP contribution >= 0.6 is 0 Å². The van der Waals surface area contributed by atoms with Gasteiger partial charge in [-0.3, -0.25) is 9.69 Å². The number of fused-ring (bicyclic) bond motifs is 1. The fraction of sp³-hybridized carbons (Fsp3) is 0.233. The van der Waals surface area contributed by atoms with Crippen molar-refractivity contribution in [2.75, 3.05) is 50.7 Å². The van der Waals surface area contributed by atoms with Gasteiger partial charge in [0.15, 0.2) is 11.5 Å². The average molecular weight is 750 g/mol. The predicted molar refractivity (Wildman–Crippen MR) is 214 cm³/mol. The first kappa shape index (κ1) is 36.4. The van der Waals surface area contributed by atoms with Crippen molar-refractivity contribution in [3.63, 3.8) is 0 Å². The van der Waals surface area contributed by atoms with Crippen LogP contribution in [0.1, 0.15) is 32.6 Å². The summed E-state index contributed by atoms with van der Waals surface area (Å²) >= 11 is 0. The lowest BCUT2D eigenvalue weighted by molar-refractivity contribution is 0.0342. The zero-order valence-electron chi connectivity index (χ0n) is 31.6. The Kier molecular flexibility index (Phi) is 10.7. The lowest BCUT2D eigenvalue weighted by Crippen LogP contribution is -2.35. The van der Waals surface area contributed by atoms with Gasteiger partial charge < -0.3 is 24.4 Å². The van der Waals surface area contributed by atoms with Gasteiger partial charge in [-0.2, -0.15) is 10.2 Å². The van der Waals surface area contributed by atoms with Crippen molar-refractivity contribution in [2.24, 2.45) is 0 Å². The van der Waals surface area contributed by atoms with E-state index < -0.39 is 0 Å². The molecule has 284 valence electrons. The van der Waals surface area contributed by atoms with E-state index >= 15 is 0 Å². The minimum Gasteiger partial charge on any atom is -0.497 e. The number of aromatic nitrogens is 6. The zero-order chi connectivity index (χ0) is 38.4. The maximum Gasteiger partial charge on any atom is 0.255 e. The molecule has 0 saturated carbocycles. The first-order valence-electron chi connectivity index (χ1n) is 18.5. The number of methoxy groups -OCH3 is 2. The molecule has 7 aromatic rings. The molecule has 0 spiro atoms. The molecule has 56 heavy (non-hydrogen) atoms. The molecule has 8 rings (SSSR count). The van der Waals surface area contributed by atoms with Gasteiger partial charge in [-0.1, -0.05) is 42.5 Å². The van der Waals surface area contributed by atoms with Gasteiger partial charge in [0.05, 0.1) is 51.2 Å². The van der Waals surface area contributed by atoms with Gasteiger partial charge in [-0.15, -0.1) is 0 Å². The normalized spacial score (nSPS) is 13.1. The molecule has 0 unspecified atom stereocenters. The summed E-state index contributed by atoms with van der Waals surface area (Å²) in [5, 5.41) is 12.4. The molecule has 1 fully saturated rings. The summed E-state index contributed by atoms with van der Waals surface area (Å²) in [6.07, 6.45) is 7.09. The van der Waals surface area contributed by atoms with E-state index in [1.165, 1.54) is 5.56 Å². The van der Waals surface area contributed by atoms with Crippen LogP contribution in [0.25, 0.3) is 22.6 Å². The third kappa shape index (κ3) is 8.09. The third-order valence-electron chi connectivity index (χ3n) is 9.97. The van der Waals surface area contributed by atoms with Gasteiger partial charge in [0.25, 0.3) is 5.91 Å². The van der Waals surface area contributed by atoms with E-state index in [1.54, 1.807) is 37.5 Å². The molecule has 1 aliphatic rings. The number of morpholine rings is 1. The van der Waals surface area contributed by atoms with Crippen LogP contribution in [0.5, 0.6) is 11.5 Å². The summed E-state index contributed by atoms with van der Waals surface area (Å²) in [5.74, 6) is 2.11. The van der Waals surface area contributed by atoms with E-state index in [4.69, 9.17) is 29.3 Å². The minimum absolute atomic E-state index is 0.173.